The first-order chi connectivity index (χ1) is 9.97. The van der Waals surface area contributed by atoms with E-state index in [4.69, 9.17) is 0 Å². The maximum atomic E-state index is 12.1. The smallest absolute Gasteiger partial charge is 0.212 e. The second kappa shape index (κ2) is 8.52. The van der Waals surface area contributed by atoms with Gasteiger partial charge in [0, 0.05) is 37.5 Å². The van der Waals surface area contributed by atoms with Crippen molar-refractivity contribution >= 4 is 17.5 Å². The molecule has 3 nitrogen and oxygen atoms in total. The Hall–Kier alpha value is -0.900. The van der Waals surface area contributed by atoms with E-state index in [0.717, 1.165) is 42.7 Å². The Morgan fingerprint density at radius 2 is 1.81 bits per heavy atom. The molecule has 0 bridgehead atoms. The Bertz CT molecular complexity index is 413. The van der Waals surface area contributed by atoms with E-state index in [0.29, 0.717) is 5.57 Å². The Morgan fingerprint density at radius 3 is 2.33 bits per heavy atom. The summed E-state index contributed by atoms with van der Waals surface area (Å²) in [5.74, 6) is 0.122. The van der Waals surface area contributed by atoms with Gasteiger partial charge in [0.2, 0.25) is 5.78 Å². The van der Waals surface area contributed by atoms with Gasteiger partial charge in [0.05, 0.1) is 5.70 Å². The van der Waals surface area contributed by atoms with Gasteiger partial charge in [0.15, 0.2) is 0 Å². The second-order valence-electron chi connectivity index (χ2n) is 5.64. The van der Waals surface area contributed by atoms with Crippen molar-refractivity contribution in [2.45, 2.75) is 45.3 Å². The molecular formula is C17H30N2OS. The zero-order valence-corrected chi connectivity index (χ0v) is 15.1. The Morgan fingerprint density at radius 1 is 1.19 bits per heavy atom. The van der Waals surface area contributed by atoms with Crippen LogP contribution in [0.3, 0.4) is 0 Å². The van der Waals surface area contributed by atoms with Crippen molar-refractivity contribution in [2.24, 2.45) is 0 Å². The number of hydrogen-bond donors (Lipinski definition) is 0. The molecule has 21 heavy (non-hydrogen) atoms. The number of Topliss-reactive ketones (excluding diaryl/α,β-unsaturated/α-hetero) is 1. The summed E-state index contributed by atoms with van der Waals surface area (Å²) in [5, 5.41) is 0.728. The lowest BCUT2D eigenvalue weighted by atomic mass is 9.90. The van der Waals surface area contributed by atoms with E-state index in [2.05, 4.69) is 43.4 Å². The number of ketones is 1. The predicted octanol–water partition coefficient (Wildman–Crippen LogP) is 3.53. The molecule has 0 saturated carbocycles. The number of allylic oxidation sites excluding steroid dienone is 2. The Kier molecular flexibility index (Phi) is 7.36. The zero-order chi connectivity index (χ0) is 16.0. The third kappa shape index (κ3) is 4.29. The van der Waals surface area contributed by atoms with E-state index in [9.17, 15) is 4.79 Å². The Labute approximate surface area is 134 Å². The first-order valence-electron chi connectivity index (χ1n) is 7.94. The minimum Gasteiger partial charge on any atom is -0.370 e. The van der Waals surface area contributed by atoms with Crippen molar-refractivity contribution in [1.82, 2.24) is 9.80 Å². The van der Waals surface area contributed by atoms with Crippen molar-refractivity contribution in [2.75, 3.05) is 32.9 Å². The molecule has 0 fully saturated rings. The normalized spacial score (nSPS) is 16.0. The number of unbranched alkanes of at least 4 members (excludes halogenated alkanes) is 1. The van der Waals surface area contributed by atoms with Crippen LogP contribution in [-0.4, -0.2) is 53.8 Å². The molecule has 4 heteroatoms. The van der Waals surface area contributed by atoms with Gasteiger partial charge in [-0.15, -0.1) is 0 Å². The Balaban J connectivity index is 2.60. The molecule has 0 amide bonds. The highest BCUT2D eigenvalue weighted by Gasteiger charge is 2.36. The fourth-order valence-corrected chi connectivity index (χ4v) is 3.09. The van der Waals surface area contributed by atoms with Gasteiger partial charge in [-0.25, -0.2) is 0 Å². The molecule has 0 aromatic carbocycles. The van der Waals surface area contributed by atoms with Gasteiger partial charge >= 0.3 is 0 Å². The van der Waals surface area contributed by atoms with Crippen molar-refractivity contribution in [1.29, 1.82) is 0 Å². The fraction of sp³-hybridized carbons (Fsp3) is 0.706. The minimum atomic E-state index is 0.122. The van der Waals surface area contributed by atoms with Gasteiger partial charge in [0.25, 0.3) is 0 Å². The number of carbonyl (C=O) groups is 1. The van der Waals surface area contributed by atoms with Crippen LogP contribution < -0.4 is 0 Å². The molecule has 1 atom stereocenters. The minimum absolute atomic E-state index is 0.122. The molecule has 1 aliphatic rings. The number of thioether (sulfide) groups is 1. The van der Waals surface area contributed by atoms with Gasteiger partial charge in [-0.1, -0.05) is 19.9 Å². The zero-order valence-electron chi connectivity index (χ0n) is 14.2. The highest BCUT2D eigenvalue weighted by molar-refractivity contribution is 7.99. The van der Waals surface area contributed by atoms with Crippen LogP contribution in [0.5, 0.6) is 0 Å². The van der Waals surface area contributed by atoms with Crippen LogP contribution in [0.15, 0.2) is 23.5 Å². The van der Waals surface area contributed by atoms with Crippen LogP contribution in [0.2, 0.25) is 0 Å². The SMILES string of the molecule is C=C1C(=O)C(N(C)CCCCC(C)SC)=C1N(CC)CC. The first-order valence-corrected chi connectivity index (χ1v) is 9.23. The van der Waals surface area contributed by atoms with Crippen LogP contribution in [-0.2, 0) is 4.79 Å². The summed E-state index contributed by atoms with van der Waals surface area (Å²) in [5.41, 5.74) is 2.60. The van der Waals surface area contributed by atoms with E-state index < -0.39 is 0 Å². The standard InChI is InChI=1S/C17H30N2OS/c1-7-19(8-2)15-14(4)17(20)16(15)18(5)12-10-9-11-13(3)21-6/h13H,4,7-12H2,1-3,5-6H3. The highest BCUT2D eigenvalue weighted by Crippen LogP contribution is 2.33. The molecule has 0 radical (unpaired) electrons. The van der Waals surface area contributed by atoms with Crippen LogP contribution >= 0.6 is 11.8 Å². The molecule has 0 heterocycles. The summed E-state index contributed by atoms with van der Waals surface area (Å²) in [4.78, 5) is 16.5. The largest absolute Gasteiger partial charge is 0.370 e. The second-order valence-corrected chi connectivity index (χ2v) is 6.92. The van der Waals surface area contributed by atoms with Crippen LogP contribution in [0.4, 0.5) is 0 Å². The average molecular weight is 311 g/mol. The van der Waals surface area contributed by atoms with Gasteiger partial charge in [-0.3, -0.25) is 4.79 Å². The number of likely N-dealkylation sites (N-methyl/N-ethyl adjacent to an activating group) is 2. The third-order valence-corrected chi connectivity index (χ3v) is 5.26. The van der Waals surface area contributed by atoms with Gasteiger partial charge in [0.1, 0.15) is 5.70 Å². The third-order valence-electron chi connectivity index (χ3n) is 4.22. The van der Waals surface area contributed by atoms with E-state index in [1.165, 1.54) is 12.8 Å². The first kappa shape index (κ1) is 18.1. The summed E-state index contributed by atoms with van der Waals surface area (Å²) in [7, 11) is 2.03. The highest BCUT2D eigenvalue weighted by atomic mass is 32.2. The average Bonchev–Trinajstić information content (AvgIpc) is 2.50. The lowest BCUT2D eigenvalue weighted by Crippen LogP contribution is -2.41. The molecule has 0 N–H and O–H groups in total. The van der Waals surface area contributed by atoms with Gasteiger partial charge in [-0.2, -0.15) is 11.8 Å². The molecule has 0 aromatic rings. The number of rotatable bonds is 10. The summed E-state index contributed by atoms with van der Waals surface area (Å²) < 4.78 is 0. The topological polar surface area (TPSA) is 23.6 Å². The monoisotopic (exact) mass is 310 g/mol. The molecule has 0 saturated heterocycles. The van der Waals surface area contributed by atoms with Crippen molar-refractivity contribution in [3.05, 3.63) is 23.5 Å². The molecule has 1 unspecified atom stereocenters. The number of hydrogen-bond acceptors (Lipinski definition) is 4. The van der Waals surface area contributed by atoms with Gasteiger partial charge < -0.3 is 9.80 Å². The van der Waals surface area contributed by atoms with E-state index in [1.54, 1.807) is 0 Å². The van der Waals surface area contributed by atoms with Crippen molar-refractivity contribution in [3.63, 3.8) is 0 Å². The van der Waals surface area contributed by atoms with Crippen LogP contribution in [0.25, 0.3) is 0 Å². The van der Waals surface area contributed by atoms with Crippen molar-refractivity contribution < 1.29 is 4.79 Å². The molecule has 1 rings (SSSR count). The lowest BCUT2D eigenvalue weighted by molar-refractivity contribution is -0.115. The van der Waals surface area contributed by atoms with Crippen LogP contribution in [0, 0.1) is 0 Å². The molecule has 120 valence electrons. The molecule has 0 aliphatic heterocycles. The van der Waals surface area contributed by atoms with Crippen LogP contribution in [0.1, 0.15) is 40.0 Å². The van der Waals surface area contributed by atoms with E-state index >= 15 is 0 Å². The van der Waals surface area contributed by atoms with E-state index in [1.807, 2.05) is 18.8 Å². The molecule has 0 spiro atoms. The lowest BCUT2D eigenvalue weighted by Gasteiger charge is -2.38. The van der Waals surface area contributed by atoms with Crippen molar-refractivity contribution in [3.8, 4) is 0 Å². The summed E-state index contributed by atoms with van der Waals surface area (Å²) in [6, 6.07) is 0. The number of nitrogens with zero attached hydrogens (tertiary/aromatic N) is 2. The summed E-state index contributed by atoms with van der Waals surface area (Å²) in [6.45, 7) is 13.2. The fourth-order valence-electron chi connectivity index (χ4n) is 2.68. The van der Waals surface area contributed by atoms with Gasteiger partial charge in [-0.05, 0) is 32.9 Å². The maximum absolute atomic E-state index is 12.1. The maximum Gasteiger partial charge on any atom is 0.212 e. The number of carbonyl (C=O) groups excluding carboxylic acids is 1. The van der Waals surface area contributed by atoms with E-state index in [-0.39, 0.29) is 5.78 Å². The molecule has 1 aliphatic carbocycles. The summed E-state index contributed by atoms with van der Waals surface area (Å²) >= 11 is 1.92. The predicted molar refractivity (Wildman–Crippen MR) is 93.6 cm³/mol. The summed E-state index contributed by atoms with van der Waals surface area (Å²) in [6.07, 6.45) is 5.76. The molecular weight excluding hydrogens is 280 g/mol. The quantitative estimate of drug-likeness (QED) is 0.455. The molecule has 0 aromatic heterocycles.